The fourth-order valence-corrected chi connectivity index (χ4v) is 8.13. The Balaban J connectivity index is 1.32. The number of H-pyrrole nitrogens is 1. The van der Waals surface area contributed by atoms with Gasteiger partial charge in [0.05, 0.1) is 36.8 Å². The largest absolute Gasteiger partial charge is 0.508 e. The van der Waals surface area contributed by atoms with E-state index in [0.717, 1.165) is 60.6 Å². The van der Waals surface area contributed by atoms with Crippen LogP contribution in [0, 0.1) is 11.8 Å². The maximum atomic E-state index is 14.3. The average molecular weight is 716 g/mol. The van der Waals surface area contributed by atoms with E-state index in [1.54, 1.807) is 12.1 Å². The zero-order valence-electron chi connectivity index (χ0n) is 30.1. The number of aliphatic hydroxyl groups is 1. The summed E-state index contributed by atoms with van der Waals surface area (Å²) in [5.41, 5.74) is 4.21. The molecule has 274 valence electrons. The summed E-state index contributed by atoms with van der Waals surface area (Å²) in [5.74, 6) is 7.66. The lowest BCUT2D eigenvalue weighted by atomic mass is 9.88. The summed E-state index contributed by atoms with van der Waals surface area (Å²) in [6.45, 7) is 4.49. The maximum absolute atomic E-state index is 14.3. The number of aryl methyl sites for hydroxylation is 1. The van der Waals surface area contributed by atoms with Crippen LogP contribution >= 0.6 is 0 Å². The van der Waals surface area contributed by atoms with E-state index in [1.165, 1.54) is 25.3 Å². The van der Waals surface area contributed by atoms with Crippen LogP contribution in [0.25, 0.3) is 33.4 Å². The van der Waals surface area contributed by atoms with E-state index in [1.807, 2.05) is 6.07 Å². The first-order chi connectivity index (χ1) is 25.7. The predicted octanol–water partition coefficient (Wildman–Crippen LogP) is 6.63. The van der Waals surface area contributed by atoms with E-state index in [-0.39, 0.29) is 57.8 Å². The van der Waals surface area contributed by atoms with Gasteiger partial charge in [0.2, 0.25) is 5.75 Å². The Kier molecular flexibility index (Phi) is 9.31. The van der Waals surface area contributed by atoms with Crippen molar-refractivity contribution in [2.45, 2.75) is 69.4 Å². The molecule has 2 aromatic heterocycles. The van der Waals surface area contributed by atoms with Crippen LogP contribution < -0.4 is 25.1 Å². The van der Waals surface area contributed by atoms with Crippen LogP contribution in [0.2, 0.25) is 0 Å². The summed E-state index contributed by atoms with van der Waals surface area (Å²) >= 11 is 0. The standard InChI is InChI=1S/C43H45N3O7/c1-3-30-23-33-28-8-6-7-26(21-28)22-29(9-12-31-25-46(19-18-44-31)42(33)45-30)36-38(49)41(51-2)40(52-20-17-43(50)15-4-5-16-43)37-34(48)24-35(53-39(36)37)27-10-13-32(47)14-11-27/h6-8,10-11,13-14,21,23-24,29,31,44-45,47,49-50H,3-5,15-20,22,25H2,1-2H3. The lowest BCUT2D eigenvalue weighted by molar-refractivity contribution is 0.0256. The first kappa shape index (κ1) is 34.7. The number of fused-ring (bicyclic) bond motifs is 8. The number of hydrogen-bond acceptors (Lipinski definition) is 9. The van der Waals surface area contributed by atoms with Gasteiger partial charge in [0.25, 0.3) is 0 Å². The second kappa shape index (κ2) is 14.2. The van der Waals surface area contributed by atoms with Gasteiger partial charge >= 0.3 is 0 Å². The van der Waals surface area contributed by atoms with Crippen molar-refractivity contribution in [3.05, 3.63) is 87.7 Å². The Hall–Kier alpha value is -5.37. The van der Waals surface area contributed by atoms with Crippen molar-refractivity contribution >= 4 is 16.8 Å². The quantitative estimate of drug-likeness (QED) is 0.112. The molecule has 0 spiro atoms. The van der Waals surface area contributed by atoms with Crippen molar-refractivity contribution in [1.29, 1.82) is 0 Å². The van der Waals surface area contributed by atoms with Gasteiger partial charge in [-0.3, -0.25) is 4.79 Å². The molecule has 10 heteroatoms. The number of benzene rings is 3. The van der Waals surface area contributed by atoms with Crippen LogP contribution in [0.15, 0.2) is 69.9 Å². The molecule has 3 aromatic carbocycles. The summed E-state index contributed by atoms with van der Waals surface area (Å²) in [6.07, 6.45) is 4.95. The summed E-state index contributed by atoms with van der Waals surface area (Å²) in [5, 5.41) is 36.9. The molecule has 2 unspecified atom stereocenters. The number of methoxy groups -OCH3 is 1. The number of aromatic hydroxyl groups is 2. The molecule has 5 aromatic rings. The number of aromatic amines is 1. The molecule has 4 heterocycles. The van der Waals surface area contributed by atoms with Crippen LogP contribution in [-0.4, -0.2) is 65.3 Å². The molecule has 5 N–H and O–H groups in total. The Bertz CT molecular complexity index is 2270. The maximum Gasteiger partial charge on any atom is 0.204 e. The Morgan fingerprint density at radius 3 is 2.60 bits per heavy atom. The van der Waals surface area contributed by atoms with Gasteiger partial charge in [0.1, 0.15) is 22.7 Å². The van der Waals surface area contributed by atoms with Gasteiger partial charge in [-0.15, -0.1) is 0 Å². The molecular formula is C43H45N3O7. The zero-order chi connectivity index (χ0) is 36.7. The van der Waals surface area contributed by atoms with Crippen molar-refractivity contribution < 1.29 is 29.2 Å². The van der Waals surface area contributed by atoms with Crippen LogP contribution in [0.5, 0.6) is 23.0 Å². The van der Waals surface area contributed by atoms with E-state index < -0.39 is 11.5 Å². The van der Waals surface area contributed by atoms with Crippen molar-refractivity contribution in [3.63, 3.8) is 0 Å². The van der Waals surface area contributed by atoms with Crippen LogP contribution in [-0.2, 0) is 12.8 Å². The molecule has 53 heavy (non-hydrogen) atoms. The van der Waals surface area contributed by atoms with Crippen molar-refractivity contribution in [3.8, 4) is 57.3 Å². The second-order valence-electron chi connectivity index (χ2n) is 14.5. The van der Waals surface area contributed by atoms with E-state index in [9.17, 15) is 20.1 Å². The van der Waals surface area contributed by atoms with E-state index in [2.05, 4.69) is 58.2 Å². The molecule has 10 nitrogen and oxygen atoms in total. The van der Waals surface area contributed by atoms with Crippen molar-refractivity contribution in [1.82, 2.24) is 10.3 Å². The highest BCUT2D eigenvalue weighted by atomic mass is 16.5. The number of phenolic OH excluding ortho intramolecular Hbond substituents is 2. The normalized spacial score (nSPS) is 19.1. The average Bonchev–Trinajstić information content (AvgIpc) is 3.80. The molecule has 2 atom stereocenters. The van der Waals surface area contributed by atoms with Gasteiger partial charge in [-0.2, -0.15) is 0 Å². The minimum Gasteiger partial charge on any atom is -0.508 e. The van der Waals surface area contributed by atoms with E-state index in [4.69, 9.17) is 13.9 Å². The SMILES string of the molecule is CCc1cc2c([nH]1)N1CCNC(C#CC(c3c(O)c(OC)c(OCCC4(O)CCCC4)c4c(=O)cc(-c5ccc(O)cc5)oc34)Cc3cccc-2c3)C1. The monoisotopic (exact) mass is 715 g/mol. The molecule has 2 fully saturated rings. The molecule has 4 bridgehead atoms. The van der Waals surface area contributed by atoms with Gasteiger partial charge in [-0.25, -0.2) is 0 Å². The first-order valence-corrected chi connectivity index (χ1v) is 18.6. The number of nitrogens with one attached hydrogen (secondary N) is 2. The lowest BCUT2D eigenvalue weighted by Crippen LogP contribution is -2.50. The molecular weight excluding hydrogens is 670 g/mol. The summed E-state index contributed by atoms with van der Waals surface area (Å²) < 4.78 is 18.7. The molecule has 1 saturated carbocycles. The molecule has 0 amide bonds. The molecule has 1 saturated heterocycles. The van der Waals surface area contributed by atoms with Crippen LogP contribution in [0.4, 0.5) is 5.82 Å². The fraction of sp³-hybridized carbons (Fsp3) is 0.372. The van der Waals surface area contributed by atoms with Crippen molar-refractivity contribution in [2.24, 2.45) is 0 Å². The van der Waals surface area contributed by atoms with Gasteiger partial charge in [-0.1, -0.05) is 55.9 Å². The summed E-state index contributed by atoms with van der Waals surface area (Å²) in [4.78, 5) is 20.3. The van der Waals surface area contributed by atoms with Gasteiger partial charge in [0, 0.05) is 48.9 Å². The van der Waals surface area contributed by atoms with Crippen molar-refractivity contribution in [2.75, 3.05) is 38.3 Å². The first-order valence-electron chi connectivity index (χ1n) is 18.6. The number of piperazine rings is 1. The minimum atomic E-state index is -0.832. The highest BCUT2D eigenvalue weighted by Crippen LogP contribution is 2.49. The third-order valence-corrected chi connectivity index (χ3v) is 11.0. The van der Waals surface area contributed by atoms with Gasteiger partial charge < -0.3 is 44.4 Å². The Labute approximate surface area is 308 Å². The number of hydrogen-bond donors (Lipinski definition) is 5. The molecule has 3 aliphatic rings. The predicted molar refractivity (Wildman–Crippen MR) is 205 cm³/mol. The third-order valence-electron chi connectivity index (χ3n) is 11.0. The smallest absolute Gasteiger partial charge is 0.204 e. The van der Waals surface area contributed by atoms with E-state index >= 15 is 0 Å². The number of nitrogens with zero attached hydrogens (tertiary/aromatic N) is 1. The highest BCUT2D eigenvalue weighted by Gasteiger charge is 2.34. The van der Waals surface area contributed by atoms with Gasteiger partial charge in [-0.05, 0) is 67.1 Å². The van der Waals surface area contributed by atoms with Crippen LogP contribution in [0.1, 0.15) is 61.8 Å². The Morgan fingerprint density at radius 1 is 1.02 bits per heavy atom. The number of ether oxygens (including phenoxy) is 2. The Morgan fingerprint density at radius 2 is 1.83 bits per heavy atom. The number of rotatable bonds is 8. The fourth-order valence-electron chi connectivity index (χ4n) is 8.13. The second-order valence-corrected chi connectivity index (χ2v) is 14.5. The van der Waals surface area contributed by atoms with Gasteiger partial charge in [0.15, 0.2) is 22.5 Å². The molecule has 2 aliphatic heterocycles. The molecule has 0 radical (unpaired) electrons. The third kappa shape index (κ3) is 6.71. The zero-order valence-corrected chi connectivity index (χ0v) is 30.1. The highest BCUT2D eigenvalue weighted by molar-refractivity contribution is 5.94. The molecule has 8 rings (SSSR count). The van der Waals surface area contributed by atoms with Crippen LogP contribution in [0.3, 0.4) is 0 Å². The number of anilines is 1. The minimum absolute atomic E-state index is 0.0169. The van der Waals surface area contributed by atoms with E-state index in [0.29, 0.717) is 43.4 Å². The topological polar surface area (TPSA) is 140 Å². The molecule has 1 aliphatic carbocycles. The number of aromatic nitrogens is 1. The summed E-state index contributed by atoms with van der Waals surface area (Å²) in [6, 6.07) is 18.2. The summed E-state index contributed by atoms with van der Waals surface area (Å²) in [7, 11) is 1.43. The lowest BCUT2D eigenvalue weighted by Gasteiger charge is -2.33. The number of phenols is 2.